The van der Waals surface area contributed by atoms with E-state index in [9.17, 15) is 4.79 Å². The first kappa shape index (κ1) is 20.0. The number of carbonyl (C=O) groups excluding carboxylic acids is 1. The first-order valence-electron chi connectivity index (χ1n) is 10.5. The molecular weight excluding hydrogens is 392 g/mol. The highest BCUT2D eigenvalue weighted by Crippen LogP contribution is 2.44. The first-order valence-corrected chi connectivity index (χ1v) is 10.5. The highest BCUT2D eigenvalue weighted by Gasteiger charge is 2.40. The van der Waals surface area contributed by atoms with Crippen LogP contribution in [-0.2, 0) is 14.9 Å². The molecule has 31 heavy (non-hydrogen) atoms. The van der Waals surface area contributed by atoms with Crippen LogP contribution >= 0.6 is 0 Å². The van der Waals surface area contributed by atoms with Gasteiger partial charge >= 0.3 is 0 Å². The average molecular weight is 418 g/mol. The molecule has 5 rings (SSSR count). The third-order valence-corrected chi connectivity index (χ3v) is 6.25. The fourth-order valence-electron chi connectivity index (χ4n) is 4.64. The number of H-pyrrole nitrogens is 1. The first-order chi connectivity index (χ1) is 14.7. The summed E-state index contributed by atoms with van der Waals surface area (Å²) in [6, 6.07) is 11.4. The Morgan fingerprint density at radius 1 is 1.19 bits per heavy atom. The molecule has 0 saturated carbocycles. The minimum atomic E-state index is -0.581. The average Bonchev–Trinajstić information content (AvgIpc) is 3.30. The molecule has 0 unspecified atom stereocenters. The standard InChI is InChI=1S/C25H26N2O4/c1-24(2)19-10-15(29-12-16-13-30-25(3,4)31-16)6-8-17(19)22(28)21-18-7-5-14(11-26)9-20(18)27-23(21)24/h5-11,16,26-27H,12-13H2,1-4H3/t16-/m0/s1. The lowest BCUT2D eigenvalue weighted by Crippen LogP contribution is -2.30. The summed E-state index contributed by atoms with van der Waals surface area (Å²) in [5, 5.41) is 8.41. The van der Waals surface area contributed by atoms with Crippen LogP contribution in [-0.4, -0.2) is 42.1 Å². The minimum absolute atomic E-state index is 0.0130. The Morgan fingerprint density at radius 3 is 2.71 bits per heavy atom. The molecule has 1 aromatic heterocycles. The number of carbonyl (C=O) groups is 1. The molecule has 6 heteroatoms. The van der Waals surface area contributed by atoms with E-state index in [4.69, 9.17) is 19.6 Å². The molecule has 2 aliphatic rings. The summed E-state index contributed by atoms with van der Waals surface area (Å²) in [4.78, 5) is 16.9. The fraction of sp³-hybridized carbons (Fsp3) is 0.360. The number of ketones is 1. The normalized spacial score (nSPS) is 21.0. The van der Waals surface area contributed by atoms with Crippen LogP contribution in [0.5, 0.6) is 5.75 Å². The summed E-state index contributed by atoms with van der Waals surface area (Å²) >= 11 is 0. The van der Waals surface area contributed by atoms with Crippen molar-refractivity contribution in [1.82, 2.24) is 4.98 Å². The van der Waals surface area contributed by atoms with E-state index in [-0.39, 0.29) is 11.9 Å². The van der Waals surface area contributed by atoms with Crippen molar-refractivity contribution in [3.8, 4) is 5.75 Å². The topological polar surface area (TPSA) is 84.4 Å². The van der Waals surface area contributed by atoms with Gasteiger partial charge in [0, 0.05) is 33.8 Å². The van der Waals surface area contributed by atoms with Crippen LogP contribution in [0.1, 0.15) is 60.4 Å². The van der Waals surface area contributed by atoms with Gasteiger partial charge in [-0.05, 0) is 49.2 Å². The number of hydrogen-bond acceptors (Lipinski definition) is 5. The monoisotopic (exact) mass is 418 g/mol. The van der Waals surface area contributed by atoms with Crippen LogP contribution < -0.4 is 4.74 Å². The van der Waals surface area contributed by atoms with E-state index in [0.717, 1.165) is 33.3 Å². The van der Waals surface area contributed by atoms with Crippen molar-refractivity contribution in [1.29, 1.82) is 5.41 Å². The molecule has 1 atom stereocenters. The SMILES string of the molecule is CC1(C)OC[C@H](COc2ccc3c(c2)C(C)(C)c2[nH]c4cc(C=N)ccc4c2C3=O)O1. The van der Waals surface area contributed by atoms with Gasteiger partial charge in [0.15, 0.2) is 11.6 Å². The predicted octanol–water partition coefficient (Wildman–Crippen LogP) is 4.57. The fourth-order valence-corrected chi connectivity index (χ4v) is 4.64. The van der Waals surface area contributed by atoms with Gasteiger partial charge in [0.25, 0.3) is 0 Å². The molecule has 0 radical (unpaired) electrons. The number of rotatable bonds is 4. The molecule has 2 heterocycles. The van der Waals surface area contributed by atoms with Gasteiger partial charge in [-0.25, -0.2) is 0 Å². The van der Waals surface area contributed by atoms with Crippen LogP contribution in [0.15, 0.2) is 36.4 Å². The highest BCUT2D eigenvalue weighted by atomic mass is 16.7. The number of nitrogens with one attached hydrogen (secondary N) is 2. The smallest absolute Gasteiger partial charge is 0.195 e. The van der Waals surface area contributed by atoms with Crippen molar-refractivity contribution in [3.05, 3.63) is 64.3 Å². The van der Waals surface area contributed by atoms with Gasteiger partial charge in [-0.1, -0.05) is 26.0 Å². The molecule has 160 valence electrons. The largest absolute Gasteiger partial charge is 0.491 e. The molecule has 1 aliphatic carbocycles. The summed E-state index contributed by atoms with van der Waals surface area (Å²) in [7, 11) is 0. The Bertz CT molecular complexity index is 1220. The van der Waals surface area contributed by atoms with Crippen LogP contribution in [0, 0.1) is 5.41 Å². The third-order valence-electron chi connectivity index (χ3n) is 6.25. The van der Waals surface area contributed by atoms with Crippen LogP contribution in [0.25, 0.3) is 10.9 Å². The Balaban J connectivity index is 1.50. The van der Waals surface area contributed by atoms with Gasteiger partial charge < -0.3 is 24.6 Å². The van der Waals surface area contributed by atoms with E-state index in [1.807, 2.05) is 50.2 Å². The van der Waals surface area contributed by atoms with Gasteiger partial charge in [0.05, 0.1) is 12.2 Å². The number of fused-ring (bicyclic) bond motifs is 4. The molecule has 1 saturated heterocycles. The maximum absolute atomic E-state index is 13.4. The Hall–Kier alpha value is -2.96. The van der Waals surface area contributed by atoms with Gasteiger partial charge in [0.2, 0.25) is 0 Å². The second-order valence-corrected chi connectivity index (χ2v) is 9.25. The number of benzene rings is 2. The summed E-state index contributed by atoms with van der Waals surface area (Å²) in [5.41, 5.74) is 4.51. The molecular formula is C25H26N2O4. The van der Waals surface area contributed by atoms with E-state index in [2.05, 4.69) is 18.8 Å². The minimum Gasteiger partial charge on any atom is -0.491 e. The summed E-state index contributed by atoms with van der Waals surface area (Å²) < 4.78 is 17.4. The molecule has 0 spiro atoms. The van der Waals surface area contributed by atoms with Gasteiger partial charge in [-0.15, -0.1) is 0 Å². The van der Waals surface area contributed by atoms with E-state index >= 15 is 0 Å². The quantitative estimate of drug-likeness (QED) is 0.608. The Labute approximate surface area is 181 Å². The van der Waals surface area contributed by atoms with E-state index < -0.39 is 11.2 Å². The third kappa shape index (κ3) is 3.18. The summed E-state index contributed by atoms with van der Waals surface area (Å²) in [6.45, 7) is 8.90. The molecule has 0 bridgehead atoms. The van der Waals surface area contributed by atoms with Crippen molar-refractivity contribution < 1.29 is 19.0 Å². The van der Waals surface area contributed by atoms with Gasteiger partial charge in [0.1, 0.15) is 18.5 Å². The zero-order valence-electron chi connectivity index (χ0n) is 18.2. The predicted molar refractivity (Wildman–Crippen MR) is 119 cm³/mol. The van der Waals surface area contributed by atoms with E-state index in [0.29, 0.717) is 24.5 Å². The maximum Gasteiger partial charge on any atom is 0.195 e. The Kier molecular flexibility index (Phi) is 4.36. The van der Waals surface area contributed by atoms with E-state index in [1.165, 1.54) is 6.21 Å². The lowest BCUT2D eigenvalue weighted by Gasteiger charge is -2.32. The highest BCUT2D eigenvalue weighted by molar-refractivity contribution is 6.20. The van der Waals surface area contributed by atoms with E-state index in [1.54, 1.807) is 0 Å². The van der Waals surface area contributed by atoms with Crippen molar-refractivity contribution in [2.45, 2.75) is 45.0 Å². The van der Waals surface area contributed by atoms with Crippen molar-refractivity contribution in [3.63, 3.8) is 0 Å². The maximum atomic E-state index is 13.4. The zero-order chi connectivity index (χ0) is 22.0. The van der Waals surface area contributed by atoms with Crippen LogP contribution in [0.3, 0.4) is 0 Å². The zero-order valence-corrected chi connectivity index (χ0v) is 18.2. The van der Waals surface area contributed by atoms with Crippen molar-refractivity contribution >= 4 is 22.9 Å². The van der Waals surface area contributed by atoms with Crippen molar-refractivity contribution in [2.24, 2.45) is 0 Å². The molecule has 0 amide bonds. The number of aromatic amines is 1. The Morgan fingerprint density at radius 2 is 2.00 bits per heavy atom. The molecule has 1 fully saturated rings. The van der Waals surface area contributed by atoms with Crippen molar-refractivity contribution in [2.75, 3.05) is 13.2 Å². The lowest BCUT2D eigenvalue weighted by atomic mass is 9.71. The molecule has 6 nitrogen and oxygen atoms in total. The molecule has 2 aromatic carbocycles. The number of aromatic nitrogens is 1. The van der Waals surface area contributed by atoms with Crippen LogP contribution in [0.4, 0.5) is 0 Å². The summed E-state index contributed by atoms with van der Waals surface area (Å²) in [6.07, 6.45) is 1.19. The van der Waals surface area contributed by atoms with Gasteiger partial charge in [-0.3, -0.25) is 4.79 Å². The number of ether oxygens (including phenoxy) is 3. The second kappa shape index (κ2) is 6.77. The van der Waals surface area contributed by atoms with Gasteiger partial charge in [-0.2, -0.15) is 0 Å². The van der Waals surface area contributed by atoms with Crippen LogP contribution in [0.2, 0.25) is 0 Å². The lowest BCUT2D eigenvalue weighted by molar-refractivity contribution is -0.141. The number of hydrogen-bond donors (Lipinski definition) is 2. The molecule has 2 N–H and O–H groups in total. The molecule has 1 aliphatic heterocycles. The molecule has 3 aromatic rings. The second-order valence-electron chi connectivity index (χ2n) is 9.25. The summed E-state index contributed by atoms with van der Waals surface area (Å²) in [5.74, 6) is 0.139.